The third kappa shape index (κ3) is 3.30. The Labute approximate surface area is 130 Å². The van der Waals surface area contributed by atoms with E-state index in [2.05, 4.69) is 14.9 Å². The second kappa shape index (κ2) is 5.39. The first-order valence-corrected chi connectivity index (χ1v) is 7.48. The molecule has 1 saturated heterocycles. The molecular formula is C15H22N4O3. The lowest BCUT2D eigenvalue weighted by atomic mass is 10.2. The number of nitrogens with zero attached hydrogens (tertiary/aromatic N) is 4. The van der Waals surface area contributed by atoms with Crippen LogP contribution in [-0.2, 0) is 17.8 Å². The van der Waals surface area contributed by atoms with E-state index >= 15 is 0 Å². The summed E-state index contributed by atoms with van der Waals surface area (Å²) < 4.78 is 11.0. The highest BCUT2D eigenvalue weighted by Crippen LogP contribution is 2.22. The van der Waals surface area contributed by atoms with E-state index in [1.807, 2.05) is 34.0 Å². The SMILES string of the molecule is CN1Cc2cnc(OC3CN(C(=O)OC(C)(C)C)C3)nc2C1. The van der Waals surface area contributed by atoms with Crippen LogP contribution in [0.4, 0.5) is 4.79 Å². The van der Waals surface area contributed by atoms with Gasteiger partial charge < -0.3 is 14.4 Å². The van der Waals surface area contributed by atoms with Crippen molar-refractivity contribution in [3.8, 4) is 6.01 Å². The largest absolute Gasteiger partial charge is 0.456 e. The first-order chi connectivity index (χ1) is 10.3. The number of aromatic nitrogens is 2. The fourth-order valence-corrected chi connectivity index (χ4v) is 2.49. The Morgan fingerprint density at radius 2 is 2.05 bits per heavy atom. The molecule has 0 saturated carbocycles. The molecule has 7 nitrogen and oxygen atoms in total. The molecule has 2 aliphatic heterocycles. The molecule has 0 bridgehead atoms. The van der Waals surface area contributed by atoms with Crippen molar-refractivity contribution in [3.63, 3.8) is 0 Å². The summed E-state index contributed by atoms with van der Waals surface area (Å²) in [6.45, 7) is 8.29. The van der Waals surface area contributed by atoms with Crippen LogP contribution in [0.25, 0.3) is 0 Å². The Bertz CT molecular complexity index is 579. The first kappa shape index (κ1) is 15.0. The topological polar surface area (TPSA) is 67.8 Å². The molecule has 0 N–H and O–H groups in total. The highest BCUT2D eigenvalue weighted by molar-refractivity contribution is 5.69. The van der Waals surface area contributed by atoms with E-state index in [-0.39, 0.29) is 12.2 Å². The Balaban J connectivity index is 1.51. The summed E-state index contributed by atoms with van der Waals surface area (Å²) in [5.74, 6) is 0. The predicted octanol–water partition coefficient (Wildman–Crippen LogP) is 1.42. The molecule has 2 aliphatic rings. The Hall–Kier alpha value is -1.89. The first-order valence-electron chi connectivity index (χ1n) is 7.48. The molecule has 3 rings (SSSR count). The van der Waals surface area contributed by atoms with Crippen molar-refractivity contribution < 1.29 is 14.3 Å². The van der Waals surface area contributed by atoms with E-state index < -0.39 is 5.60 Å². The van der Waals surface area contributed by atoms with Gasteiger partial charge >= 0.3 is 12.1 Å². The minimum atomic E-state index is -0.474. The van der Waals surface area contributed by atoms with Gasteiger partial charge in [-0.2, -0.15) is 4.98 Å². The molecular weight excluding hydrogens is 284 g/mol. The van der Waals surface area contributed by atoms with Gasteiger partial charge in [0, 0.05) is 24.8 Å². The highest BCUT2D eigenvalue weighted by atomic mass is 16.6. The molecule has 3 heterocycles. The van der Waals surface area contributed by atoms with Crippen molar-refractivity contribution in [1.29, 1.82) is 0 Å². The van der Waals surface area contributed by atoms with E-state index in [4.69, 9.17) is 9.47 Å². The summed E-state index contributed by atoms with van der Waals surface area (Å²) in [5.41, 5.74) is 1.70. The van der Waals surface area contributed by atoms with Crippen LogP contribution < -0.4 is 4.74 Å². The maximum atomic E-state index is 11.8. The number of rotatable bonds is 2. The van der Waals surface area contributed by atoms with Crippen LogP contribution in [0, 0.1) is 0 Å². The van der Waals surface area contributed by atoms with Crippen molar-refractivity contribution in [2.24, 2.45) is 0 Å². The van der Waals surface area contributed by atoms with Gasteiger partial charge in [-0.25, -0.2) is 9.78 Å². The summed E-state index contributed by atoms with van der Waals surface area (Å²) in [6, 6.07) is 0.392. The summed E-state index contributed by atoms with van der Waals surface area (Å²) in [4.78, 5) is 24.3. The molecule has 0 radical (unpaired) electrons. The molecule has 0 spiro atoms. The predicted molar refractivity (Wildman–Crippen MR) is 79.4 cm³/mol. The lowest BCUT2D eigenvalue weighted by molar-refractivity contribution is -0.0245. The molecule has 22 heavy (non-hydrogen) atoms. The van der Waals surface area contributed by atoms with Gasteiger partial charge in [-0.05, 0) is 27.8 Å². The Kier molecular flexibility index (Phi) is 3.68. The van der Waals surface area contributed by atoms with Gasteiger partial charge in [0.25, 0.3) is 0 Å². The third-order valence-electron chi connectivity index (χ3n) is 3.56. The van der Waals surface area contributed by atoms with E-state index in [9.17, 15) is 4.79 Å². The smallest absolute Gasteiger partial charge is 0.410 e. The number of carbonyl (C=O) groups is 1. The van der Waals surface area contributed by atoms with Crippen molar-refractivity contribution >= 4 is 6.09 Å². The molecule has 1 aromatic heterocycles. The summed E-state index contributed by atoms with van der Waals surface area (Å²) in [7, 11) is 2.05. The number of fused-ring (bicyclic) bond motifs is 1. The lowest BCUT2D eigenvalue weighted by Gasteiger charge is -2.38. The lowest BCUT2D eigenvalue weighted by Crippen LogP contribution is -2.57. The normalized spacial score (nSPS) is 18.8. The Morgan fingerprint density at radius 3 is 2.73 bits per heavy atom. The van der Waals surface area contributed by atoms with E-state index in [0.29, 0.717) is 19.1 Å². The van der Waals surface area contributed by atoms with Crippen molar-refractivity contribution in [3.05, 3.63) is 17.5 Å². The van der Waals surface area contributed by atoms with Crippen LogP contribution in [0.1, 0.15) is 32.0 Å². The van der Waals surface area contributed by atoms with Gasteiger partial charge in [0.2, 0.25) is 0 Å². The monoisotopic (exact) mass is 306 g/mol. The molecule has 1 amide bonds. The molecule has 0 unspecified atom stereocenters. The number of ether oxygens (including phenoxy) is 2. The van der Waals surface area contributed by atoms with Crippen LogP contribution in [0.5, 0.6) is 6.01 Å². The van der Waals surface area contributed by atoms with Crippen molar-refractivity contribution in [1.82, 2.24) is 19.8 Å². The van der Waals surface area contributed by atoms with Crippen LogP contribution in [0.2, 0.25) is 0 Å². The van der Waals surface area contributed by atoms with Gasteiger partial charge in [-0.3, -0.25) is 4.90 Å². The average molecular weight is 306 g/mol. The molecule has 0 aliphatic carbocycles. The number of carbonyl (C=O) groups excluding carboxylic acids is 1. The van der Waals surface area contributed by atoms with Gasteiger partial charge in [-0.1, -0.05) is 0 Å². The highest BCUT2D eigenvalue weighted by Gasteiger charge is 2.35. The second-order valence-corrected chi connectivity index (χ2v) is 6.92. The zero-order valence-corrected chi connectivity index (χ0v) is 13.5. The number of hydrogen-bond donors (Lipinski definition) is 0. The van der Waals surface area contributed by atoms with E-state index in [0.717, 1.165) is 24.3 Å². The van der Waals surface area contributed by atoms with Gasteiger partial charge in [0.15, 0.2) is 0 Å². The Morgan fingerprint density at radius 1 is 1.32 bits per heavy atom. The molecule has 1 aromatic rings. The third-order valence-corrected chi connectivity index (χ3v) is 3.56. The van der Waals surface area contributed by atoms with Crippen LogP contribution in [0.15, 0.2) is 6.20 Å². The minimum Gasteiger partial charge on any atom is -0.456 e. The summed E-state index contributed by atoms with van der Waals surface area (Å²) >= 11 is 0. The van der Waals surface area contributed by atoms with Crippen LogP contribution in [-0.4, -0.2) is 57.7 Å². The number of likely N-dealkylation sites (tertiary alicyclic amines) is 1. The number of hydrogen-bond acceptors (Lipinski definition) is 6. The van der Waals surface area contributed by atoms with Gasteiger partial charge in [0.1, 0.15) is 11.7 Å². The molecule has 7 heteroatoms. The summed E-state index contributed by atoms with van der Waals surface area (Å²) in [5, 5.41) is 0. The van der Waals surface area contributed by atoms with E-state index in [1.165, 1.54) is 0 Å². The van der Waals surface area contributed by atoms with Crippen molar-refractivity contribution in [2.75, 3.05) is 20.1 Å². The molecule has 0 aromatic carbocycles. The van der Waals surface area contributed by atoms with Crippen LogP contribution in [0.3, 0.4) is 0 Å². The fourth-order valence-electron chi connectivity index (χ4n) is 2.49. The number of amides is 1. The zero-order chi connectivity index (χ0) is 15.9. The maximum absolute atomic E-state index is 11.8. The average Bonchev–Trinajstić information content (AvgIpc) is 2.70. The minimum absolute atomic E-state index is 0.0651. The van der Waals surface area contributed by atoms with Crippen molar-refractivity contribution in [2.45, 2.75) is 45.6 Å². The molecule has 0 atom stereocenters. The van der Waals surface area contributed by atoms with E-state index in [1.54, 1.807) is 4.90 Å². The standard InChI is InChI=1S/C15H22N4O3/c1-15(2,3)22-14(20)19-7-11(8-19)21-13-16-5-10-6-18(4)9-12(10)17-13/h5,11H,6-9H2,1-4H3. The zero-order valence-electron chi connectivity index (χ0n) is 13.5. The molecule has 120 valence electrons. The quantitative estimate of drug-likeness (QED) is 0.823. The van der Waals surface area contributed by atoms with Gasteiger partial charge in [0.05, 0.1) is 18.8 Å². The maximum Gasteiger partial charge on any atom is 0.410 e. The van der Waals surface area contributed by atoms with Crippen LogP contribution >= 0.6 is 0 Å². The van der Waals surface area contributed by atoms with Gasteiger partial charge in [-0.15, -0.1) is 0 Å². The molecule has 1 fully saturated rings. The fraction of sp³-hybridized carbons (Fsp3) is 0.667. The second-order valence-electron chi connectivity index (χ2n) is 6.92. The summed E-state index contributed by atoms with van der Waals surface area (Å²) in [6.07, 6.45) is 1.46.